The quantitative estimate of drug-likeness (QED) is 0.616. The van der Waals surface area contributed by atoms with Gasteiger partial charge in [0.1, 0.15) is 23.7 Å². The molecule has 0 bridgehead atoms. The Kier molecular flexibility index (Phi) is 7.59. The summed E-state index contributed by atoms with van der Waals surface area (Å²) in [4.78, 5) is 27.3. The minimum absolute atomic E-state index is 0.0141. The van der Waals surface area contributed by atoms with Crippen LogP contribution >= 0.6 is 0 Å². The molecular formula is C22H28N2O5. The monoisotopic (exact) mass is 400 g/mol. The molecule has 0 saturated carbocycles. The summed E-state index contributed by atoms with van der Waals surface area (Å²) < 4.78 is 11.0. The number of nitrogens with zero attached hydrogens (tertiary/aromatic N) is 1. The van der Waals surface area contributed by atoms with E-state index in [0.29, 0.717) is 30.3 Å². The fourth-order valence-corrected chi connectivity index (χ4v) is 2.68. The molecule has 2 rings (SSSR count). The van der Waals surface area contributed by atoms with E-state index in [4.69, 9.17) is 14.6 Å². The predicted molar refractivity (Wildman–Crippen MR) is 111 cm³/mol. The number of nitrogens with one attached hydrogen (secondary N) is 1. The molecule has 0 radical (unpaired) electrons. The molecule has 2 aromatic rings. The minimum atomic E-state index is -0.836. The average Bonchev–Trinajstić information content (AvgIpc) is 2.64. The van der Waals surface area contributed by atoms with Gasteiger partial charge in [0.2, 0.25) is 0 Å². The van der Waals surface area contributed by atoms with Gasteiger partial charge in [-0.1, -0.05) is 12.1 Å². The number of benzene rings is 1. The predicted octanol–water partition coefficient (Wildman–Crippen LogP) is 3.92. The van der Waals surface area contributed by atoms with Gasteiger partial charge >= 0.3 is 11.9 Å². The Morgan fingerprint density at radius 3 is 2.59 bits per heavy atom. The zero-order valence-corrected chi connectivity index (χ0v) is 17.3. The number of aryl methyl sites for hydroxylation is 1. The van der Waals surface area contributed by atoms with Crippen LogP contribution in [0.15, 0.2) is 36.4 Å². The van der Waals surface area contributed by atoms with Gasteiger partial charge in [0, 0.05) is 12.0 Å². The SMILES string of the molecule is CCOc1cc(CCC(=O)O)ccc1-c1cccc(NCC(=O)OC(C)(C)C)n1. The maximum absolute atomic E-state index is 11.9. The molecule has 0 fully saturated rings. The minimum Gasteiger partial charge on any atom is -0.493 e. The molecule has 7 heteroatoms. The molecule has 156 valence electrons. The van der Waals surface area contributed by atoms with Crippen molar-refractivity contribution in [2.45, 2.75) is 46.1 Å². The van der Waals surface area contributed by atoms with Gasteiger partial charge in [0.25, 0.3) is 0 Å². The lowest BCUT2D eigenvalue weighted by Crippen LogP contribution is -2.28. The highest BCUT2D eigenvalue weighted by Gasteiger charge is 2.16. The van der Waals surface area contributed by atoms with Gasteiger partial charge in [-0.25, -0.2) is 4.98 Å². The Labute approximate surface area is 171 Å². The van der Waals surface area contributed by atoms with E-state index in [1.54, 1.807) is 6.07 Å². The topological polar surface area (TPSA) is 97.8 Å². The Hall–Kier alpha value is -3.09. The molecule has 1 aromatic carbocycles. The number of pyridine rings is 1. The van der Waals surface area contributed by atoms with Gasteiger partial charge in [0.15, 0.2) is 0 Å². The highest BCUT2D eigenvalue weighted by atomic mass is 16.6. The van der Waals surface area contributed by atoms with Gasteiger partial charge in [-0.3, -0.25) is 9.59 Å². The highest BCUT2D eigenvalue weighted by molar-refractivity contribution is 5.75. The van der Waals surface area contributed by atoms with Crippen LogP contribution in [0.1, 0.15) is 39.7 Å². The molecule has 0 aliphatic heterocycles. The molecular weight excluding hydrogens is 372 g/mol. The van der Waals surface area contributed by atoms with Crippen molar-refractivity contribution < 1.29 is 24.2 Å². The molecule has 1 aromatic heterocycles. The first-order chi connectivity index (χ1) is 13.7. The first kappa shape index (κ1) is 22.2. The number of carbonyl (C=O) groups excluding carboxylic acids is 1. The van der Waals surface area contributed by atoms with Crippen molar-refractivity contribution in [1.82, 2.24) is 4.98 Å². The fraction of sp³-hybridized carbons (Fsp3) is 0.409. The van der Waals surface area contributed by atoms with Gasteiger partial charge in [0.05, 0.1) is 12.3 Å². The van der Waals surface area contributed by atoms with Crippen LogP contribution < -0.4 is 10.1 Å². The van der Waals surface area contributed by atoms with Crippen molar-refractivity contribution in [1.29, 1.82) is 0 Å². The zero-order chi connectivity index (χ0) is 21.4. The van der Waals surface area contributed by atoms with Crippen LogP contribution in [0.5, 0.6) is 5.75 Å². The van der Waals surface area contributed by atoms with Crippen LogP contribution in [0.25, 0.3) is 11.3 Å². The van der Waals surface area contributed by atoms with E-state index < -0.39 is 11.6 Å². The van der Waals surface area contributed by atoms with Crippen LogP contribution in [-0.2, 0) is 20.7 Å². The smallest absolute Gasteiger partial charge is 0.325 e. The Morgan fingerprint density at radius 1 is 1.17 bits per heavy atom. The van der Waals surface area contributed by atoms with Crippen molar-refractivity contribution in [2.24, 2.45) is 0 Å². The summed E-state index contributed by atoms with van der Waals surface area (Å²) in [5.74, 6) is -0.00194. The van der Waals surface area contributed by atoms with Crippen LogP contribution in [0, 0.1) is 0 Å². The molecule has 0 atom stereocenters. The van der Waals surface area contributed by atoms with Gasteiger partial charge in [-0.05, 0) is 63.9 Å². The van der Waals surface area contributed by atoms with Crippen LogP contribution in [-0.4, -0.2) is 40.8 Å². The normalized spacial score (nSPS) is 11.0. The number of esters is 1. The summed E-state index contributed by atoms with van der Waals surface area (Å²) >= 11 is 0. The third-order valence-corrected chi connectivity index (χ3v) is 3.83. The second-order valence-corrected chi connectivity index (χ2v) is 7.51. The summed E-state index contributed by atoms with van der Waals surface area (Å²) in [7, 11) is 0. The molecule has 0 saturated heterocycles. The third-order valence-electron chi connectivity index (χ3n) is 3.83. The number of ether oxygens (including phenoxy) is 2. The molecule has 0 spiro atoms. The summed E-state index contributed by atoms with van der Waals surface area (Å²) in [6.45, 7) is 7.84. The molecule has 1 heterocycles. The second kappa shape index (κ2) is 9.91. The van der Waals surface area contributed by atoms with Crippen molar-refractivity contribution >= 4 is 17.8 Å². The first-order valence-corrected chi connectivity index (χ1v) is 9.58. The third kappa shape index (κ3) is 7.44. The van der Waals surface area contributed by atoms with E-state index in [1.807, 2.05) is 58.0 Å². The lowest BCUT2D eigenvalue weighted by Gasteiger charge is -2.19. The molecule has 7 nitrogen and oxygen atoms in total. The number of anilines is 1. The maximum atomic E-state index is 11.9. The van der Waals surface area contributed by atoms with E-state index in [2.05, 4.69) is 10.3 Å². The number of carboxylic acids is 1. The number of carbonyl (C=O) groups is 2. The number of hydrogen-bond acceptors (Lipinski definition) is 6. The average molecular weight is 400 g/mol. The van der Waals surface area contributed by atoms with Crippen molar-refractivity contribution in [3.05, 3.63) is 42.0 Å². The van der Waals surface area contributed by atoms with E-state index in [1.165, 1.54) is 0 Å². The summed E-state index contributed by atoms with van der Waals surface area (Å²) in [6.07, 6.45) is 0.494. The lowest BCUT2D eigenvalue weighted by atomic mass is 10.0. The second-order valence-electron chi connectivity index (χ2n) is 7.51. The molecule has 0 amide bonds. The first-order valence-electron chi connectivity index (χ1n) is 9.58. The summed E-state index contributed by atoms with van der Waals surface area (Å²) in [5.41, 5.74) is 1.83. The number of hydrogen-bond donors (Lipinski definition) is 2. The van der Waals surface area contributed by atoms with Crippen molar-refractivity contribution in [3.8, 4) is 17.0 Å². The fourth-order valence-electron chi connectivity index (χ4n) is 2.68. The van der Waals surface area contributed by atoms with Gasteiger partial charge in [-0.15, -0.1) is 0 Å². The van der Waals surface area contributed by atoms with Crippen LogP contribution in [0.4, 0.5) is 5.82 Å². The number of carboxylic acid groups (broad SMARTS) is 1. The van der Waals surface area contributed by atoms with E-state index in [-0.39, 0.29) is 18.9 Å². The number of aliphatic carboxylic acids is 1. The van der Waals surface area contributed by atoms with Gasteiger partial charge < -0.3 is 19.9 Å². The Morgan fingerprint density at radius 2 is 1.93 bits per heavy atom. The zero-order valence-electron chi connectivity index (χ0n) is 17.3. The molecule has 0 aliphatic rings. The molecule has 2 N–H and O–H groups in total. The van der Waals surface area contributed by atoms with E-state index >= 15 is 0 Å². The Balaban J connectivity index is 2.18. The van der Waals surface area contributed by atoms with E-state index in [9.17, 15) is 9.59 Å². The largest absolute Gasteiger partial charge is 0.493 e. The van der Waals surface area contributed by atoms with Crippen molar-refractivity contribution in [3.63, 3.8) is 0 Å². The van der Waals surface area contributed by atoms with E-state index in [0.717, 1.165) is 11.1 Å². The highest BCUT2D eigenvalue weighted by Crippen LogP contribution is 2.31. The molecule has 29 heavy (non-hydrogen) atoms. The standard InChI is InChI=1S/C22H28N2O5/c1-5-28-18-13-15(10-12-20(25)26)9-11-16(18)17-7-6-8-19(24-17)23-14-21(27)29-22(2,3)4/h6-9,11,13H,5,10,12,14H2,1-4H3,(H,23,24)(H,25,26). The lowest BCUT2D eigenvalue weighted by molar-refractivity contribution is -0.152. The molecule has 0 aliphatic carbocycles. The van der Waals surface area contributed by atoms with Crippen LogP contribution in [0.2, 0.25) is 0 Å². The number of rotatable bonds is 9. The molecule has 0 unspecified atom stereocenters. The summed E-state index contributed by atoms with van der Waals surface area (Å²) in [5, 5.41) is 11.9. The number of aromatic nitrogens is 1. The van der Waals surface area contributed by atoms with Gasteiger partial charge in [-0.2, -0.15) is 0 Å². The van der Waals surface area contributed by atoms with Crippen molar-refractivity contribution in [2.75, 3.05) is 18.5 Å². The Bertz CT molecular complexity index is 859. The summed E-state index contributed by atoms with van der Waals surface area (Å²) in [6, 6.07) is 11.1. The van der Waals surface area contributed by atoms with Crippen LogP contribution in [0.3, 0.4) is 0 Å². The maximum Gasteiger partial charge on any atom is 0.325 e.